The first-order valence-corrected chi connectivity index (χ1v) is 12.0. The summed E-state index contributed by atoms with van der Waals surface area (Å²) < 4.78 is 3.09. The van der Waals surface area contributed by atoms with E-state index in [2.05, 4.69) is 21.4 Å². The van der Waals surface area contributed by atoms with Crippen molar-refractivity contribution in [2.24, 2.45) is 10.2 Å². The Labute approximate surface area is 220 Å². The maximum absolute atomic E-state index is 11.1. The number of hydrogen-bond acceptors (Lipinski definition) is 8. The van der Waals surface area contributed by atoms with E-state index in [0.717, 1.165) is 5.69 Å². The van der Waals surface area contributed by atoms with Crippen LogP contribution in [0, 0.1) is 21.4 Å². The van der Waals surface area contributed by atoms with Gasteiger partial charge in [0, 0.05) is 23.0 Å². The number of non-ortho nitro benzene ring substituents is 1. The quantitative estimate of drug-likeness (QED) is 0.185. The lowest BCUT2D eigenvalue weighted by Gasteiger charge is -2.15. The van der Waals surface area contributed by atoms with Crippen molar-refractivity contribution in [1.82, 2.24) is 19.6 Å². The molecule has 2 aromatic carbocycles. The van der Waals surface area contributed by atoms with Gasteiger partial charge in [0.25, 0.3) is 5.69 Å². The summed E-state index contributed by atoms with van der Waals surface area (Å²) >= 11 is 0. The molecule has 194 valence electrons. The summed E-state index contributed by atoms with van der Waals surface area (Å²) in [5.41, 5.74) is 8.67. The van der Waals surface area contributed by atoms with Crippen molar-refractivity contribution in [2.75, 3.05) is 5.73 Å². The van der Waals surface area contributed by atoms with Crippen LogP contribution < -0.4 is 5.73 Å². The Morgan fingerprint density at radius 3 is 1.95 bits per heavy atom. The average Bonchev–Trinajstić information content (AvgIpc) is 3.41. The van der Waals surface area contributed by atoms with Crippen molar-refractivity contribution in [3.8, 4) is 17.4 Å². The molecule has 0 aliphatic heterocycles. The Bertz CT molecular complexity index is 1560. The number of nitrogens with two attached hydrogens (primary N) is 1. The fourth-order valence-electron chi connectivity index (χ4n) is 3.92. The second-order valence-electron chi connectivity index (χ2n) is 10.9. The first kappa shape index (κ1) is 26.2. The Morgan fingerprint density at radius 2 is 1.42 bits per heavy atom. The van der Waals surface area contributed by atoms with Crippen LogP contribution in [-0.4, -0.2) is 24.5 Å². The average molecular weight is 512 g/mol. The summed E-state index contributed by atoms with van der Waals surface area (Å²) in [6.45, 7) is 11.8. The van der Waals surface area contributed by atoms with Gasteiger partial charge in [-0.2, -0.15) is 15.5 Å². The number of benzene rings is 2. The van der Waals surface area contributed by atoms with Crippen molar-refractivity contribution < 1.29 is 4.92 Å². The minimum Gasteiger partial charge on any atom is -0.382 e. The van der Waals surface area contributed by atoms with E-state index in [1.54, 1.807) is 16.8 Å². The van der Waals surface area contributed by atoms with Crippen molar-refractivity contribution in [3.05, 3.63) is 81.7 Å². The lowest BCUT2D eigenvalue weighted by molar-refractivity contribution is -0.384. The number of para-hydroxylation sites is 1. The highest BCUT2D eigenvalue weighted by Gasteiger charge is 2.30. The predicted octanol–water partition coefficient (Wildman–Crippen LogP) is 6.43. The smallest absolute Gasteiger partial charge is 0.269 e. The molecule has 0 radical (unpaired) electrons. The second kappa shape index (κ2) is 9.55. The molecule has 0 fully saturated rings. The number of azo groups is 1. The second-order valence-corrected chi connectivity index (χ2v) is 10.9. The van der Waals surface area contributed by atoms with Crippen LogP contribution in [0.4, 0.5) is 23.0 Å². The molecule has 0 atom stereocenters. The molecule has 2 aromatic heterocycles. The minimum absolute atomic E-state index is 0.0587. The Hall–Kier alpha value is -4.85. The molecule has 0 saturated carbocycles. The largest absolute Gasteiger partial charge is 0.382 e. The third kappa shape index (κ3) is 4.88. The van der Waals surface area contributed by atoms with Gasteiger partial charge in [0.05, 0.1) is 27.7 Å². The number of nitro benzene ring substituents is 1. The maximum Gasteiger partial charge on any atom is 0.269 e. The lowest BCUT2D eigenvalue weighted by atomic mass is 9.90. The maximum atomic E-state index is 11.1. The lowest BCUT2D eigenvalue weighted by Crippen LogP contribution is -2.14. The molecular weight excluding hydrogens is 482 g/mol. The van der Waals surface area contributed by atoms with Gasteiger partial charge in [-0.1, -0.05) is 59.7 Å². The first-order chi connectivity index (χ1) is 17.8. The third-order valence-electron chi connectivity index (χ3n) is 5.84. The van der Waals surface area contributed by atoms with Gasteiger partial charge in [0.15, 0.2) is 17.3 Å². The molecule has 0 saturated heterocycles. The number of aromatic nitrogens is 4. The van der Waals surface area contributed by atoms with E-state index in [-0.39, 0.29) is 17.1 Å². The van der Waals surface area contributed by atoms with Crippen molar-refractivity contribution in [1.29, 1.82) is 5.26 Å². The van der Waals surface area contributed by atoms with Gasteiger partial charge in [0.1, 0.15) is 11.6 Å². The first-order valence-electron chi connectivity index (χ1n) is 12.0. The fraction of sp³-hybridized carbons (Fsp3) is 0.296. The van der Waals surface area contributed by atoms with Crippen LogP contribution in [0.25, 0.3) is 11.4 Å². The van der Waals surface area contributed by atoms with Gasteiger partial charge >= 0.3 is 0 Å². The standard InChI is InChI=1S/C27H29N9O2/c1-26(2,3)22-20(16-28)25(35(32-22)18-12-14-19(15-13-18)36(37)38)31-30-21-23(27(4,5)6)33-34(24(21)29)17-10-8-7-9-11-17/h7-15H,29H2,1-6H3. The van der Waals surface area contributed by atoms with Gasteiger partial charge in [-0.15, -0.1) is 10.2 Å². The number of nitrogen functional groups attached to an aromatic ring is 1. The number of anilines is 1. The summed E-state index contributed by atoms with van der Waals surface area (Å²) in [4.78, 5) is 10.7. The van der Waals surface area contributed by atoms with Gasteiger partial charge < -0.3 is 5.73 Å². The molecule has 11 heteroatoms. The highest BCUT2D eigenvalue weighted by molar-refractivity contribution is 5.66. The van der Waals surface area contributed by atoms with E-state index in [1.165, 1.54) is 16.8 Å². The van der Waals surface area contributed by atoms with Gasteiger partial charge in [-0.3, -0.25) is 10.1 Å². The van der Waals surface area contributed by atoms with E-state index >= 15 is 0 Å². The summed E-state index contributed by atoms with van der Waals surface area (Å²) in [7, 11) is 0. The highest BCUT2D eigenvalue weighted by Crippen LogP contribution is 2.39. The van der Waals surface area contributed by atoms with Crippen LogP contribution in [0.1, 0.15) is 58.5 Å². The number of hydrogen-bond donors (Lipinski definition) is 1. The molecule has 11 nitrogen and oxygen atoms in total. The van der Waals surface area contributed by atoms with Crippen LogP contribution in [0.2, 0.25) is 0 Å². The monoisotopic (exact) mass is 511 g/mol. The predicted molar refractivity (Wildman–Crippen MR) is 144 cm³/mol. The highest BCUT2D eigenvalue weighted by atomic mass is 16.6. The molecule has 4 aromatic rings. The molecular formula is C27H29N9O2. The molecule has 0 aliphatic rings. The summed E-state index contributed by atoms with van der Waals surface area (Å²) in [5.74, 6) is 0.499. The summed E-state index contributed by atoms with van der Waals surface area (Å²) in [6.07, 6.45) is 0. The minimum atomic E-state index is -0.477. The molecule has 0 amide bonds. The molecule has 2 heterocycles. The number of rotatable bonds is 5. The molecule has 4 rings (SSSR count). The zero-order chi connectivity index (χ0) is 27.8. The van der Waals surface area contributed by atoms with Crippen molar-refractivity contribution >= 4 is 23.0 Å². The normalized spacial score (nSPS) is 12.1. The van der Waals surface area contributed by atoms with Crippen molar-refractivity contribution in [2.45, 2.75) is 52.4 Å². The molecule has 0 bridgehead atoms. The van der Waals surface area contributed by atoms with Crippen LogP contribution in [-0.2, 0) is 10.8 Å². The van der Waals surface area contributed by atoms with Crippen LogP contribution in [0.5, 0.6) is 0 Å². The van der Waals surface area contributed by atoms with Gasteiger partial charge in [-0.25, -0.2) is 9.36 Å². The zero-order valence-electron chi connectivity index (χ0n) is 22.2. The summed E-state index contributed by atoms with van der Waals surface area (Å²) in [5, 5.41) is 39.7. The number of nitriles is 1. The topological polar surface area (TPSA) is 153 Å². The summed E-state index contributed by atoms with van der Waals surface area (Å²) in [6, 6.07) is 17.6. The Balaban J connectivity index is 1.93. The Morgan fingerprint density at radius 1 is 0.868 bits per heavy atom. The van der Waals surface area contributed by atoms with E-state index in [4.69, 9.17) is 10.8 Å². The fourth-order valence-corrected chi connectivity index (χ4v) is 3.92. The zero-order valence-corrected chi connectivity index (χ0v) is 22.2. The SMILES string of the molecule is CC(C)(C)c1nn(-c2ccc([N+](=O)[O-])cc2)c(N=Nc2c(C(C)(C)C)nn(-c3ccccc3)c2N)c1C#N. The molecule has 0 unspecified atom stereocenters. The Kier molecular flexibility index (Phi) is 6.59. The van der Waals surface area contributed by atoms with Gasteiger partial charge in [0.2, 0.25) is 0 Å². The van der Waals surface area contributed by atoms with E-state index in [1.807, 2.05) is 71.9 Å². The van der Waals surface area contributed by atoms with E-state index in [0.29, 0.717) is 28.6 Å². The van der Waals surface area contributed by atoms with Crippen LogP contribution in [0.15, 0.2) is 64.8 Å². The molecule has 38 heavy (non-hydrogen) atoms. The van der Waals surface area contributed by atoms with Crippen LogP contribution >= 0.6 is 0 Å². The molecule has 0 aliphatic carbocycles. The van der Waals surface area contributed by atoms with Crippen molar-refractivity contribution in [3.63, 3.8) is 0 Å². The van der Waals surface area contributed by atoms with E-state index in [9.17, 15) is 15.4 Å². The number of nitrogens with zero attached hydrogens (tertiary/aromatic N) is 8. The molecule has 2 N–H and O–H groups in total. The van der Waals surface area contributed by atoms with Crippen LogP contribution in [0.3, 0.4) is 0 Å². The third-order valence-corrected chi connectivity index (χ3v) is 5.84. The number of nitro groups is 1. The van der Waals surface area contributed by atoms with E-state index < -0.39 is 15.8 Å². The van der Waals surface area contributed by atoms with Gasteiger partial charge in [-0.05, 0) is 24.3 Å². The molecule has 0 spiro atoms.